The summed E-state index contributed by atoms with van der Waals surface area (Å²) in [6.07, 6.45) is 1.63. The molecule has 3 heterocycles. The van der Waals surface area contributed by atoms with Crippen LogP contribution < -0.4 is 10.2 Å². The van der Waals surface area contributed by atoms with E-state index in [2.05, 4.69) is 51.2 Å². The molecule has 4 rings (SSSR count). The fraction of sp³-hybridized carbons (Fsp3) is 0.400. The molecule has 0 aliphatic carbocycles. The number of fused-ring (bicyclic) bond motifs is 1. The van der Waals surface area contributed by atoms with Gasteiger partial charge in [0.15, 0.2) is 5.82 Å². The van der Waals surface area contributed by atoms with Gasteiger partial charge in [0, 0.05) is 36.5 Å². The van der Waals surface area contributed by atoms with Crippen LogP contribution in [0.15, 0.2) is 36.7 Å². The first-order chi connectivity index (χ1) is 12.9. The highest BCUT2D eigenvalue weighted by atomic mass is 16.1. The molecular weight excluding hydrogens is 340 g/mol. The van der Waals surface area contributed by atoms with Gasteiger partial charge in [0.05, 0.1) is 23.1 Å². The molecule has 2 aromatic heterocycles. The van der Waals surface area contributed by atoms with Crippen LogP contribution in [0.4, 0.5) is 5.82 Å². The molecule has 1 aromatic carbocycles. The fourth-order valence-electron chi connectivity index (χ4n) is 3.20. The average Bonchev–Trinajstić information content (AvgIpc) is 3.07. The van der Waals surface area contributed by atoms with Crippen molar-refractivity contribution in [1.82, 2.24) is 25.5 Å². The molecule has 27 heavy (non-hydrogen) atoms. The molecule has 0 atom stereocenters. The summed E-state index contributed by atoms with van der Waals surface area (Å²) in [5, 5.41) is 11.7. The van der Waals surface area contributed by atoms with Gasteiger partial charge in [-0.1, -0.05) is 20.8 Å². The zero-order chi connectivity index (χ0) is 19.0. The van der Waals surface area contributed by atoms with E-state index in [-0.39, 0.29) is 11.3 Å². The number of nitrogens with one attached hydrogen (secondary N) is 2. The zero-order valence-corrected chi connectivity index (χ0v) is 15.9. The number of benzene rings is 1. The number of amides is 1. The van der Waals surface area contributed by atoms with Gasteiger partial charge in [0.1, 0.15) is 0 Å². The molecule has 0 unspecified atom stereocenters. The topological polar surface area (TPSA) is 86.8 Å². The summed E-state index contributed by atoms with van der Waals surface area (Å²) in [6.45, 7) is 8.80. The lowest BCUT2D eigenvalue weighted by molar-refractivity contribution is 0.0944. The fourth-order valence-corrected chi connectivity index (χ4v) is 3.20. The summed E-state index contributed by atoms with van der Waals surface area (Å²) in [4.78, 5) is 21.7. The first-order valence-corrected chi connectivity index (χ1v) is 9.20. The van der Waals surface area contributed by atoms with E-state index in [4.69, 9.17) is 0 Å². The number of hydrogen-bond donors (Lipinski definition) is 2. The van der Waals surface area contributed by atoms with Crippen molar-refractivity contribution in [2.45, 2.75) is 26.2 Å². The smallest absolute Gasteiger partial charge is 0.251 e. The van der Waals surface area contributed by atoms with Crippen molar-refractivity contribution in [3.63, 3.8) is 0 Å². The van der Waals surface area contributed by atoms with Gasteiger partial charge < -0.3 is 15.2 Å². The molecule has 1 aliphatic rings. The maximum atomic E-state index is 12.4. The quantitative estimate of drug-likeness (QED) is 0.743. The van der Waals surface area contributed by atoms with E-state index in [9.17, 15) is 4.79 Å². The molecule has 0 radical (unpaired) electrons. The Kier molecular flexibility index (Phi) is 4.30. The van der Waals surface area contributed by atoms with Crippen LogP contribution in [0.5, 0.6) is 0 Å². The molecule has 1 aliphatic heterocycles. The van der Waals surface area contributed by atoms with E-state index in [1.807, 2.05) is 24.3 Å². The van der Waals surface area contributed by atoms with Gasteiger partial charge in [-0.15, -0.1) is 5.10 Å². The molecule has 140 valence electrons. The van der Waals surface area contributed by atoms with Crippen LogP contribution in [0.3, 0.4) is 0 Å². The van der Waals surface area contributed by atoms with Crippen LogP contribution in [0, 0.1) is 5.92 Å². The Morgan fingerprint density at radius 1 is 1.22 bits per heavy atom. The Morgan fingerprint density at radius 2 is 2.04 bits per heavy atom. The molecule has 1 saturated heterocycles. The van der Waals surface area contributed by atoms with Crippen molar-refractivity contribution in [3.05, 3.63) is 47.9 Å². The van der Waals surface area contributed by atoms with Gasteiger partial charge in [-0.05, 0) is 30.3 Å². The molecule has 3 aromatic rings. The van der Waals surface area contributed by atoms with Gasteiger partial charge >= 0.3 is 0 Å². The number of nitrogens with zero attached hydrogens (tertiary/aromatic N) is 4. The highest BCUT2D eigenvalue weighted by Crippen LogP contribution is 2.24. The summed E-state index contributed by atoms with van der Waals surface area (Å²) >= 11 is 0. The second kappa shape index (κ2) is 6.64. The molecule has 0 bridgehead atoms. The van der Waals surface area contributed by atoms with E-state index >= 15 is 0 Å². The zero-order valence-electron chi connectivity index (χ0n) is 15.9. The molecule has 1 fully saturated rings. The van der Waals surface area contributed by atoms with Crippen LogP contribution in [-0.2, 0) is 5.41 Å². The van der Waals surface area contributed by atoms with E-state index < -0.39 is 0 Å². The van der Waals surface area contributed by atoms with Crippen LogP contribution in [0.2, 0.25) is 0 Å². The predicted molar refractivity (Wildman–Crippen MR) is 105 cm³/mol. The Labute approximate surface area is 158 Å². The first kappa shape index (κ1) is 17.5. The van der Waals surface area contributed by atoms with Gasteiger partial charge in [-0.2, -0.15) is 5.10 Å². The van der Waals surface area contributed by atoms with Gasteiger partial charge in [0.25, 0.3) is 5.91 Å². The number of rotatable bonds is 4. The highest BCUT2D eigenvalue weighted by molar-refractivity contribution is 5.97. The van der Waals surface area contributed by atoms with Gasteiger partial charge in [0.2, 0.25) is 0 Å². The molecule has 1 amide bonds. The number of imidazole rings is 1. The minimum Gasteiger partial charge on any atom is -0.354 e. The van der Waals surface area contributed by atoms with Crippen molar-refractivity contribution in [1.29, 1.82) is 0 Å². The van der Waals surface area contributed by atoms with Crippen molar-refractivity contribution in [3.8, 4) is 0 Å². The van der Waals surface area contributed by atoms with E-state index in [1.165, 1.54) is 0 Å². The summed E-state index contributed by atoms with van der Waals surface area (Å²) in [5.74, 6) is 1.27. The van der Waals surface area contributed by atoms with Crippen LogP contribution >= 0.6 is 0 Å². The number of carbonyl (C=O) groups excluding carboxylic acids is 1. The average molecular weight is 364 g/mol. The van der Waals surface area contributed by atoms with Crippen molar-refractivity contribution in [2.24, 2.45) is 5.92 Å². The second-order valence-electron chi connectivity index (χ2n) is 8.14. The van der Waals surface area contributed by atoms with E-state index in [0.29, 0.717) is 18.0 Å². The summed E-state index contributed by atoms with van der Waals surface area (Å²) in [7, 11) is 0. The van der Waals surface area contributed by atoms with Crippen LogP contribution in [0.1, 0.15) is 36.8 Å². The maximum absolute atomic E-state index is 12.4. The SMILES string of the molecule is CC(C)(C)c1ccc(N2CC(CNC(=O)c3ccc4nc[nH]c4c3)C2)nn1. The second-order valence-corrected chi connectivity index (χ2v) is 8.14. The molecular formula is C20H24N6O. The molecule has 0 saturated carbocycles. The van der Waals surface area contributed by atoms with Gasteiger partial charge in [-0.3, -0.25) is 4.79 Å². The Morgan fingerprint density at radius 3 is 2.74 bits per heavy atom. The highest BCUT2D eigenvalue weighted by Gasteiger charge is 2.28. The molecule has 2 N–H and O–H groups in total. The van der Waals surface area contributed by atoms with Crippen molar-refractivity contribution in [2.75, 3.05) is 24.5 Å². The Balaban J connectivity index is 1.28. The molecule has 7 heteroatoms. The normalized spacial score (nSPS) is 15.0. The lowest BCUT2D eigenvalue weighted by Crippen LogP contribution is -2.52. The summed E-state index contributed by atoms with van der Waals surface area (Å²) < 4.78 is 0. The Hall–Kier alpha value is -2.96. The minimum absolute atomic E-state index is 0.00644. The summed E-state index contributed by atoms with van der Waals surface area (Å²) in [5.41, 5.74) is 3.37. The van der Waals surface area contributed by atoms with Crippen molar-refractivity contribution >= 4 is 22.8 Å². The van der Waals surface area contributed by atoms with E-state index in [0.717, 1.165) is 35.6 Å². The predicted octanol–water partition coefficient (Wildman–Crippen LogP) is 2.52. The number of aromatic amines is 1. The van der Waals surface area contributed by atoms with Crippen LogP contribution in [-0.4, -0.2) is 45.7 Å². The largest absolute Gasteiger partial charge is 0.354 e. The number of aromatic nitrogens is 4. The van der Waals surface area contributed by atoms with Gasteiger partial charge in [-0.25, -0.2) is 4.98 Å². The molecule has 7 nitrogen and oxygen atoms in total. The summed E-state index contributed by atoms with van der Waals surface area (Å²) in [6, 6.07) is 9.56. The Bertz CT molecular complexity index is 951. The minimum atomic E-state index is -0.0562. The first-order valence-electron chi connectivity index (χ1n) is 9.20. The lowest BCUT2D eigenvalue weighted by atomic mass is 9.92. The standard InChI is InChI=1S/C20H24N6O/c1-20(2,3)17-6-7-18(25-24-17)26-10-13(11-26)9-21-19(27)14-4-5-15-16(8-14)23-12-22-15/h4-8,12-13H,9-11H2,1-3H3,(H,21,27)(H,22,23). The third kappa shape index (κ3) is 3.63. The molecule has 0 spiro atoms. The number of H-pyrrole nitrogens is 1. The van der Waals surface area contributed by atoms with E-state index in [1.54, 1.807) is 12.4 Å². The maximum Gasteiger partial charge on any atom is 0.251 e. The third-order valence-corrected chi connectivity index (χ3v) is 4.93. The van der Waals surface area contributed by atoms with Crippen LogP contribution in [0.25, 0.3) is 11.0 Å². The third-order valence-electron chi connectivity index (χ3n) is 4.93. The lowest BCUT2D eigenvalue weighted by Gasteiger charge is -2.40. The number of carbonyl (C=O) groups is 1. The monoisotopic (exact) mass is 364 g/mol. The van der Waals surface area contributed by atoms with Crippen molar-refractivity contribution < 1.29 is 4.79 Å². The number of anilines is 1. The number of hydrogen-bond acceptors (Lipinski definition) is 5.